The fraction of sp³-hybridized carbons (Fsp3) is 0.439. The molecule has 17 heteroatoms. The third-order valence-corrected chi connectivity index (χ3v) is 12.9. The number of carbonyl (C=O) groups is 2. The third-order valence-electron chi connectivity index (χ3n) is 11.4. The minimum Gasteiger partial charge on any atom is -0.476 e. The van der Waals surface area contributed by atoms with E-state index in [4.69, 9.17) is 9.47 Å². The Labute approximate surface area is 336 Å². The molecule has 1 saturated carbocycles. The van der Waals surface area contributed by atoms with Crippen LogP contribution < -0.4 is 24.8 Å². The highest BCUT2D eigenvalue weighted by Gasteiger charge is 2.32. The number of piperidine rings is 2. The zero-order chi connectivity index (χ0) is 41.0. The normalized spacial score (nSPS) is 20.7. The SMILES string of the molecule is CCN(C)S(=O)(=O)Nc1ccc(F)c(Oc2ccc3ncc(OCC4CCN(C5CCC(c6ccc(NC7CCC(=O)NC7=O)cc6F)CC5)CC4)nc3c2)c1C#N. The zero-order valence-corrected chi connectivity index (χ0v) is 33.2. The van der Waals surface area contributed by atoms with Crippen molar-refractivity contribution in [2.24, 2.45) is 5.92 Å². The summed E-state index contributed by atoms with van der Waals surface area (Å²) < 4.78 is 70.7. The number of aromatic nitrogens is 2. The molecule has 2 amide bonds. The van der Waals surface area contributed by atoms with Gasteiger partial charge in [0.25, 0.3) is 0 Å². The predicted molar refractivity (Wildman–Crippen MR) is 213 cm³/mol. The minimum absolute atomic E-state index is 0.118. The topological polar surface area (TPSA) is 179 Å². The smallest absolute Gasteiger partial charge is 0.301 e. The molecule has 1 aliphatic carbocycles. The van der Waals surface area contributed by atoms with Gasteiger partial charge in [-0.25, -0.2) is 18.7 Å². The predicted octanol–water partition coefficient (Wildman–Crippen LogP) is 6.21. The van der Waals surface area contributed by atoms with Crippen LogP contribution in [0.1, 0.15) is 75.3 Å². The second-order valence-electron chi connectivity index (χ2n) is 15.1. The molecule has 3 aliphatic rings. The number of carbonyl (C=O) groups excluding carboxylic acids is 2. The van der Waals surface area contributed by atoms with E-state index < -0.39 is 27.8 Å². The van der Waals surface area contributed by atoms with Crippen LogP contribution in [0.5, 0.6) is 17.4 Å². The van der Waals surface area contributed by atoms with Gasteiger partial charge in [-0.3, -0.25) is 19.6 Å². The van der Waals surface area contributed by atoms with E-state index in [9.17, 15) is 27.7 Å². The molecule has 4 aromatic rings. The van der Waals surface area contributed by atoms with Gasteiger partial charge in [-0.1, -0.05) is 13.0 Å². The van der Waals surface area contributed by atoms with Gasteiger partial charge in [0.2, 0.25) is 17.7 Å². The number of fused-ring (bicyclic) bond motifs is 1. The Morgan fingerprint density at radius 2 is 1.76 bits per heavy atom. The first-order chi connectivity index (χ1) is 27.9. The van der Waals surface area contributed by atoms with Gasteiger partial charge >= 0.3 is 10.2 Å². The molecule has 3 fully saturated rings. The molecular formula is C41H46F2N8O6S. The number of likely N-dealkylation sites (tertiary alicyclic amines) is 1. The summed E-state index contributed by atoms with van der Waals surface area (Å²) in [5.74, 6) is -1.25. The summed E-state index contributed by atoms with van der Waals surface area (Å²) in [6.07, 6.45) is 7.90. The van der Waals surface area contributed by atoms with Crippen LogP contribution in [0.4, 0.5) is 20.2 Å². The summed E-state index contributed by atoms with van der Waals surface area (Å²) in [7, 11) is -2.60. The van der Waals surface area contributed by atoms with Crippen molar-refractivity contribution in [3.63, 3.8) is 0 Å². The van der Waals surface area contributed by atoms with E-state index in [1.54, 1.807) is 31.3 Å². The first-order valence-corrected chi connectivity index (χ1v) is 21.0. The van der Waals surface area contributed by atoms with Crippen molar-refractivity contribution >= 4 is 44.4 Å². The Balaban J connectivity index is 0.895. The third kappa shape index (κ3) is 9.30. The van der Waals surface area contributed by atoms with Crippen molar-refractivity contribution in [2.45, 2.75) is 76.3 Å². The standard InChI is InChI=1S/C41H46F2N8O6S/c1-3-50(2)58(54,55)49-34-13-11-32(42)40(31(34)22-44)57-29-9-12-35-37(21-29)47-39(23-45-35)56-24-25-16-18-51(19-17-25)28-7-4-26(5-8-28)30-10-6-27(20-33(30)43)46-36-14-15-38(52)48-41(36)53/h6,9-13,20-21,23,25-26,28,36,46,49H,3-5,7-8,14-19,24H2,1-2H3,(H,48,52,53). The molecule has 306 valence electrons. The average Bonchev–Trinajstić information content (AvgIpc) is 3.22. The van der Waals surface area contributed by atoms with Crippen LogP contribution in [0, 0.1) is 28.9 Å². The monoisotopic (exact) mass is 816 g/mol. The van der Waals surface area contributed by atoms with Crippen LogP contribution in [0.15, 0.2) is 54.7 Å². The van der Waals surface area contributed by atoms with Gasteiger partial charge in [0.15, 0.2) is 11.6 Å². The van der Waals surface area contributed by atoms with E-state index in [1.807, 2.05) is 18.2 Å². The number of halogens is 2. The highest BCUT2D eigenvalue weighted by atomic mass is 32.2. The summed E-state index contributed by atoms with van der Waals surface area (Å²) in [6.45, 7) is 4.21. The van der Waals surface area contributed by atoms with Crippen LogP contribution in [-0.4, -0.2) is 84.8 Å². The van der Waals surface area contributed by atoms with Crippen LogP contribution in [0.2, 0.25) is 0 Å². The van der Waals surface area contributed by atoms with E-state index in [0.29, 0.717) is 53.2 Å². The molecule has 2 saturated heterocycles. The van der Waals surface area contributed by atoms with Crippen molar-refractivity contribution in [1.82, 2.24) is 24.5 Å². The van der Waals surface area contributed by atoms with Gasteiger partial charge in [0.05, 0.1) is 29.5 Å². The summed E-state index contributed by atoms with van der Waals surface area (Å²) >= 11 is 0. The first-order valence-electron chi connectivity index (χ1n) is 19.6. The summed E-state index contributed by atoms with van der Waals surface area (Å²) in [5, 5.41) is 15.2. The number of hydrogen-bond donors (Lipinski definition) is 3. The molecule has 14 nitrogen and oxygen atoms in total. The molecule has 3 aromatic carbocycles. The molecule has 0 radical (unpaired) electrons. The van der Waals surface area contributed by atoms with Crippen molar-refractivity contribution in [3.8, 4) is 23.4 Å². The second-order valence-corrected chi connectivity index (χ2v) is 16.9. The molecule has 1 atom stereocenters. The van der Waals surface area contributed by atoms with Crippen LogP contribution in [0.25, 0.3) is 11.0 Å². The van der Waals surface area contributed by atoms with Crippen molar-refractivity contribution in [1.29, 1.82) is 5.26 Å². The van der Waals surface area contributed by atoms with Gasteiger partial charge < -0.3 is 19.7 Å². The number of rotatable bonds is 13. The highest BCUT2D eigenvalue weighted by molar-refractivity contribution is 7.90. The fourth-order valence-corrected chi connectivity index (χ4v) is 8.83. The van der Waals surface area contributed by atoms with Crippen molar-refractivity contribution in [3.05, 3.63) is 77.5 Å². The summed E-state index contributed by atoms with van der Waals surface area (Å²) in [4.78, 5) is 35.1. The maximum atomic E-state index is 15.3. The Morgan fingerprint density at radius 1 is 0.983 bits per heavy atom. The summed E-state index contributed by atoms with van der Waals surface area (Å²) in [5.41, 5.74) is 1.79. The van der Waals surface area contributed by atoms with Crippen LogP contribution in [0.3, 0.4) is 0 Å². The maximum absolute atomic E-state index is 15.3. The first kappa shape index (κ1) is 40.7. The number of ether oxygens (including phenoxy) is 2. The molecule has 0 bridgehead atoms. The number of amides is 2. The fourth-order valence-electron chi connectivity index (χ4n) is 7.89. The quantitative estimate of drug-likeness (QED) is 0.131. The van der Waals surface area contributed by atoms with E-state index in [0.717, 1.165) is 62.0 Å². The number of imide groups is 1. The minimum atomic E-state index is -3.98. The molecule has 0 spiro atoms. The van der Waals surface area contributed by atoms with Gasteiger partial charge in [-0.15, -0.1) is 0 Å². The Morgan fingerprint density at radius 3 is 2.47 bits per heavy atom. The molecule has 7 rings (SSSR count). The van der Waals surface area contributed by atoms with Gasteiger partial charge in [-0.2, -0.15) is 18.0 Å². The maximum Gasteiger partial charge on any atom is 0.301 e. The molecular weight excluding hydrogens is 771 g/mol. The average molecular weight is 817 g/mol. The second kappa shape index (κ2) is 17.6. The molecule has 1 unspecified atom stereocenters. The number of nitrogens with one attached hydrogen (secondary N) is 3. The lowest BCUT2D eigenvalue weighted by molar-refractivity contribution is -0.133. The van der Waals surface area contributed by atoms with Crippen molar-refractivity contribution < 1.29 is 36.3 Å². The Kier molecular flexibility index (Phi) is 12.4. The van der Waals surface area contributed by atoms with Crippen molar-refractivity contribution in [2.75, 3.05) is 43.3 Å². The van der Waals surface area contributed by atoms with Crippen LogP contribution in [-0.2, 0) is 19.8 Å². The Hall–Kier alpha value is -5.44. The number of benzene rings is 3. The number of nitriles is 1. The Bertz CT molecular complexity index is 2330. The lowest BCUT2D eigenvalue weighted by Crippen LogP contribution is -2.47. The van der Waals surface area contributed by atoms with E-state index in [1.165, 1.54) is 19.2 Å². The summed E-state index contributed by atoms with van der Waals surface area (Å²) in [6, 6.07) is 13.8. The molecule has 3 heterocycles. The van der Waals surface area contributed by atoms with Gasteiger partial charge in [-0.05, 0) is 112 Å². The van der Waals surface area contributed by atoms with Gasteiger partial charge in [0, 0.05) is 37.8 Å². The number of anilines is 2. The molecule has 58 heavy (non-hydrogen) atoms. The van der Waals surface area contributed by atoms with E-state index in [-0.39, 0.29) is 53.5 Å². The largest absolute Gasteiger partial charge is 0.476 e. The van der Waals surface area contributed by atoms with E-state index >= 15 is 4.39 Å². The number of hydrogen-bond acceptors (Lipinski definition) is 11. The highest BCUT2D eigenvalue weighted by Crippen LogP contribution is 2.38. The lowest BCUT2D eigenvalue weighted by Gasteiger charge is -2.41. The molecule has 1 aromatic heterocycles. The molecule has 3 N–H and O–H groups in total. The zero-order valence-electron chi connectivity index (χ0n) is 32.3. The number of nitrogens with zero attached hydrogens (tertiary/aromatic N) is 5. The molecule has 2 aliphatic heterocycles. The van der Waals surface area contributed by atoms with Crippen LogP contribution >= 0.6 is 0 Å². The lowest BCUT2D eigenvalue weighted by atomic mass is 9.80. The van der Waals surface area contributed by atoms with Gasteiger partial charge in [0.1, 0.15) is 29.2 Å². The van der Waals surface area contributed by atoms with E-state index in [2.05, 4.69) is 30.2 Å².